The van der Waals surface area contributed by atoms with Crippen molar-refractivity contribution in [2.45, 2.75) is 18.9 Å². The number of aromatic nitrogens is 2. The third kappa shape index (κ3) is 2.08. The molecule has 5 heteroatoms. The van der Waals surface area contributed by atoms with E-state index in [0.717, 1.165) is 24.4 Å². The lowest BCUT2D eigenvalue weighted by Crippen LogP contribution is -2.47. The average Bonchev–Trinajstić information content (AvgIpc) is 3.04. The van der Waals surface area contributed by atoms with Crippen molar-refractivity contribution >= 4 is 11.4 Å². The molecule has 2 aromatic heterocycles. The topological polar surface area (TPSA) is 49.6 Å². The summed E-state index contributed by atoms with van der Waals surface area (Å²) >= 11 is 0. The van der Waals surface area contributed by atoms with E-state index in [1.54, 1.807) is 12.4 Å². The zero-order chi connectivity index (χ0) is 13.5. The summed E-state index contributed by atoms with van der Waals surface area (Å²) in [6.07, 6.45) is 7.85. The van der Waals surface area contributed by atoms with Crippen LogP contribution in [0.5, 0.6) is 0 Å². The summed E-state index contributed by atoms with van der Waals surface area (Å²) in [4.78, 5) is 19.0. The molecular formula is C15H18N4O. The van der Waals surface area contributed by atoms with Gasteiger partial charge < -0.3 is 14.6 Å². The van der Waals surface area contributed by atoms with E-state index in [-0.39, 0.29) is 11.9 Å². The van der Waals surface area contributed by atoms with Crippen LogP contribution < -0.4 is 5.32 Å². The molecule has 0 aliphatic carbocycles. The largest absolute Gasteiger partial charge is 0.347 e. The van der Waals surface area contributed by atoms with E-state index in [2.05, 4.69) is 15.2 Å². The fourth-order valence-corrected chi connectivity index (χ4v) is 3.48. The lowest BCUT2D eigenvalue weighted by Gasteiger charge is -2.30. The lowest BCUT2D eigenvalue weighted by atomic mass is 9.97. The molecule has 1 N–H and O–H groups in total. The van der Waals surface area contributed by atoms with Gasteiger partial charge in [-0.2, -0.15) is 0 Å². The van der Waals surface area contributed by atoms with Gasteiger partial charge in [-0.15, -0.1) is 0 Å². The van der Waals surface area contributed by atoms with Crippen LogP contribution in [0, 0.1) is 5.92 Å². The quantitative estimate of drug-likeness (QED) is 0.891. The monoisotopic (exact) mass is 270 g/mol. The molecular weight excluding hydrogens is 252 g/mol. The summed E-state index contributed by atoms with van der Waals surface area (Å²) in [6.45, 7) is 3.37. The molecule has 2 bridgehead atoms. The van der Waals surface area contributed by atoms with E-state index in [9.17, 15) is 4.79 Å². The molecule has 0 radical (unpaired) electrons. The van der Waals surface area contributed by atoms with Crippen LogP contribution in [-0.2, 0) is 0 Å². The molecule has 3 unspecified atom stereocenters. The van der Waals surface area contributed by atoms with E-state index >= 15 is 0 Å². The molecule has 2 aromatic rings. The standard InChI is InChI=1S/C15H18N4O/c20-15(14-10-19-4-1-2-13(19)7-16-14)17-12-6-11-3-5-18(8-11)9-12/h1-2,4,7,10-12H,3,5-6,8-9H2,(H,17,20). The van der Waals surface area contributed by atoms with Gasteiger partial charge in [-0.1, -0.05) is 0 Å². The number of hydrogen-bond acceptors (Lipinski definition) is 3. The second kappa shape index (κ2) is 4.59. The number of nitrogens with zero attached hydrogens (tertiary/aromatic N) is 3. The molecule has 1 amide bonds. The normalized spacial score (nSPS) is 28.7. The lowest BCUT2D eigenvalue weighted by molar-refractivity contribution is 0.0904. The molecule has 20 heavy (non-hydrogen) atoms. The minimum Gasteiger partial charge on any atom is -0.347 e. The summed E-state index contributed by atoms with van der Waals surface area (Å²) in [6, 6.07) is 4.19. The molecule has 4 heterocycles. The zero-order valence-electron chi connectivity index (χ0n) is 11.3. The molecule has 0 spiro atoms. The number of amides is 1. The summed E-state index contributed by atoms with van der Waals surface area (Å²) in [5.41, 5.74) is 1.49. The Kier molecular flexibility index (Phi) is 2.73. The zero-order valence-corrected chi connectivity index (χ0v) is 11.3. The highest BCUT2D eigenvalue weighted by atomic mass is 16.2. The van der Waals surface area contributed by atoms with Crippen LogP contribution in [0.1, 0.15) is 23.3 Å². The summed E-state index contributed by atoms with van der Waals surface area (Å²) in [5.74, 6) is 0.696. The van der Waals surface area contributed by atoms with Crippen LogP contribution >= 0.6 is 0 Å². The van der Waals surface area contributed by atoms with Crippen molar-refractivity contribution in [2.24, 2.45) is 5.92 Å². The Morgan fingerprint density at radius 2 is 2.35 bits per heavy atom. The van der Waals surface area contributed by atoms with Crippen LogP contribution in [0.4, 0.5) is 0 Å². The highest BCUT2D eigenvalue weighted by molar-refractivity contribution is 5.92. The first-order valence-electron chi connectivity index (χ1n) is 7.24. The Morgan fingerprint density at radius 3 is 3.25 bits per heavy atom. The molecule has 2 saturated heterocycles. The highest BCUT2D eigenvalue weighted by Gasteiger charge is 2.33. The highest BCUT2D eigenvalue weighted by Crippen LogP contribution is 2.26. The number of fused-ring (bicyclic) bond motifs is 3. The van der Waals surface area contributed by atoms with Crippen LogP contribution in [0.15, 0.2) is 30.7 Å². The first-order valence-corrected chi connectivity index (χ1v) is 7.24. The molecule has 4 rings (SSSR count). The van der Waals surface area contributed by atoms with Gasteiger partial charge in [0.1, 0.15) is 5.69 Å². The molecule has 104 valence electrons. The van der Waals surface area contributed by atoms with Crippen molar-refractivity contribution in [3.8, 4) is 0 Å². The number of piperidine rings is 1. The fourth-order valence-electron chi connectivity index (χ4n) is 3.48. The van der Waals surface area contributed by atoms with Gasteiger partial charge in [-0.05, 0) is 37.4 Å². The number of carbonyl (C=O) groups is 1. The Bertz CT molecular complexity index is 638. The van der Waals surface area contributed by atoms with Crippen molar-refractivity contribution in [1.82, 2.24) is 19.6 Å². The Labute approximate surface area is 117 Å². The number of nitrogens with one attached hydrogen (secondary N) is 1. The van der Waals surface area contributed by atoms with Crippen LogP contribution in [0.2, 0.25) is 0 Å². The van der Waals surface area contributed by atoms with Gasteiger partial charge >= 0.3 is 0 Å². The SMILES string of the molecule is O=C(NC1CC2CCN(C2)C1)c1cn2cccc2cn1. The molecule has 5 nitrogen and oxygen atoms in total. The van der Waals surface area contributed by atoms with Crippen molar-refractivity contribution in [2.75, 3.05) is 19.6 Å². The molecule has 2 fully saturated rings. The first-order chi connectivity index (χ1) is 9.78. The van der Waals surface area contributed by atoms with Gasteiger partial charge in [-0.3, -0.25) is 4.79 Å². The number of rotatable bonds is 2. The second-order valence-electron chi connectivity index (χ2n) is 5.93. The van der Waals surface area contributed by atoms with E-state index in [1.165, 1.54) is 19.5 Å². The predicted molar refractivity (Wildman–Crippen MR) is 75.6 cm³/mol. The van der Waals surface area contributed by atoms with E-state index in [0.29, 0.717) is 5.69 Å². The Hall–Kier alpha value is -1.88. The van der Waals surface area contributed by atoms with Gasteiger partial charge in [0.05, 0.1) is 11.7 Å². The maximum Gasteiger partial charge on any atom is 0.271 e. The van der Waals surface area contributed by atoms with Gasteiger partial charge in [0.25, 0.3) is 5.91 Å². The maximum absolute atomic E-state index is 12.3. The Morgan fingerprint density at radius 1 is 1.40 bits per heavy atom. The molecule has 2 aliphatic rings. The van der Waals surface area contributed by atoms with Crippen molar-refractivity contribution in [3.63, 3.8) is 0 Å². The smallest absolute Gasteiger partial charge is 0.271 e. The van der Waals surface area contributed by atoms with Gasteiger partial charge in [0, 0.05) is 31.5 Å². The summed E-state index contributed by atoms with van der Waals surface area (Å²) in [7, 11) is 0. The minimum absolute atomic E-state index is 0.0619. The third-order valence-electron chi connectivity index (χ3n) is 4.44. The van der Waals surface area contributed by atoms with Crippen LogP contribution in [0.25, 0.3) is 5.52 Å². The van der Waals surface area contributed by atoms with E-state index < -0.39 is 0 Å². The minimum atomic E-state index is -0.0619. The first kappa shape index (κ1) is 11.9. The summed E-state index contributed by atoms with van der Waals surface area (Å²) < 4.78 is 1.93. The van der Waals surface area contributed by atoms with Crippen molar-refractivity contribution < 1.29 is 4.79 Å². The molecule has 0 aromatic carbocycles. The molecule has 2 aliphatic heterocycles. The maximum atomic E-state index is 12.3. The third-order valence-corrected chi connectivity index (χ3v) is 4.44. The summed E-state index contributed by atoms with van der Waals surface area (Å²) in [5, 5.41) is 3.14. The van der Waals surface area contributed by atoms with Crippen LogP contribution in [-0.4, -0.2) is 45.9 Å². The van der Waals surface area contributed by atoms with Crippen molar-refractivity contribution in [3.05, 3.63) is 36.4 Å². The van der Waals surface area contributed by atoms with E-state index in [4.69, 9.17) is 0 Å². The predicted octanol–water partition coefficient (Wildman–Crippen LogP) is 1.16. The van der Waals surface area contributed by atoms with Crippen LogP contribution in [0.3, 0.4) is 0 Å². The van der Waals surface area contributed by atoms with Gasteiger partial charge in [-0.25, -0.2) is 4.98 Å². The van der Waals surface area contributed by atoms with E-state index in [1.807, 2.05) is 22.7 Å². The number of carbonyl (C=O) groups excluding carboxylic acids is 1. The van der Waals surface area contributed by atoms with Crippen molar-refractivity contribution in [1.29, 1.82) is 0 Å². The van der Waals surface area contributed by atoms with Gasteiger partial charge in [0.15, 0.2) is 0 Å². The molecule has 0 saturated carbocycles. The van der Waals surface area contributed by atoms with Gasteiger partial charge in [0.2, 0.25) is 0 Å². The Balaban J connectivity index is 1.49. The second-order valence-corrected chi connectivity index (χ2v) is 5.93. The number of hydrogen-bond donors (Lipinski definition) is 1. The average molecular weight is 270 g/mol. The fraction of sp³-hybridized carbons (Fsp3) is 0.467. The molecule has 3 atom stereocenters.